The summed E-state index contributed by atoms with van der Waals surface area (Å²) in [5, 5.41) is 2.81. The average molecular weight is 201 g/mol. The van der Waals surface area contributed by atoms with Crippen molar-refractivity contribution in [2.75, 3.05) is 5.32 Å². The topological polar surface area (TPSA) is 46.2 Å². The Bertz CT molecular complexity index is 465. The maximum absolute atomic E-state index is 11.3. The highest BCUT2D eigenvalue weighted by Crippen LogP contribution is 2.35. The molecule has 1 aromatic rings. The van der Waals surface area contributed by atoms with Crippen LogP contribution in [0.1, 0.15) is 29.9 Å². The summed E-state index contributed by atoms with van der Waals surface area (Å²) < 4.78 is 0. The van der Waals surface area contributed by atoms with Gasteiger partial charge in [0.2, 0.25) is 5.91 Å². The molecule has 76 valence electrons. The zero-order valence-electron chi connectivity index (χ0n) is 8.25. The molecule has 2 aliphatic rings. The Morgan fingerprint density at radius 3 is 2.80 bits per heavy atom. The van der Waals surface area contributed by atoms with Crippen molar-refractivity contribution in [1.29, 1.82) is 0 Å². The molecule has 0 aromatic heterocycles. The monoisotopic (exact) mass is 201 g/mol. The number of benzene rings is 1. The zero-order valence-corrected chi connectivity index (χ0v) is 8.25. The highest BCUT2D eigenvalue weighted by molar-refractivity contribution is 5.99. The third-order valence-electron chi connectivity index (χ3n) is 3.23. The molecular formula is C12H11NO2. The number of amides is 1. The molecule has 1 saturated carbocycles. The van der Waals surface area contributed by atoms with Crippen molar-refractivity contribution in [2.24, 2.45) is 0 Å². The Morgan fingerprint density at radius 2 is 2.13 bits per heavy atom. The smallest absolute Gasteiger partial charge is 0.228 e. The van der Waals surface area contributed by atoms with Gasteiger partial charge in [0.15, 0.2) is 0 Å². The van der Waals surface area contributed by atoms with E-state index in [0.29, 0.717) is 18.6 Å². The van der Waals surface area contributed by atoms with E-state index in [9.17, 15) is 9.59 Å². The molecule has 3 nitrogen and oxygen atoms in total. The van der Waals surface area contributed by atoms with E-state index in [2.05, 4.69) is 5.32 Å². The molecule has 3 heteroatoms. The van der Waals surface area contributed by atoms with Crippen LogP contribution in [0.2, 0.25) is 0 Å². The summed E-state index contributed by atoms with van der Waals surface area (Å²) in [5.74, 6) is 0.439. The molecule has 1 atom stereocenters. The second-order valence-corrected chi connectivity index (χ2v) is 4.20. The SMILES string of the molecule is O=C1Cc2ccc(C3CCC3=O)cc2N1. The van der Waals surface area contributed by atoms with Crippen molar-refractivity contribution in [2.45, 2.75) is 25.2 Å². The Morgan fingerprint density at radius 1 is 1.27 bits per heavy atom. The van der Waals surface area contributed by atoms with Gasteiger partial charge in [-0.1, -0.05) is 12.1 Å². The highest BCUT2D eigenvalue weighted by Gasteiger charge is 2.30. The van der Waals surface area contributed by atoms with Crippen molar-refractivity contribution < 1.29 is 9.59 Å². The summed E-state index contributed by atoms with van der Waals surface area (Å²) in [4.78, 5) is 22.5. The first-order valence-electron chi connectivity index (χ1n) is 5.19. The van der Waals surface area contributed by atoms with Crippen LogP contribution in [0.5, 0.6) is 0 Å². The number of nitrogens with one attached hydrogen (secondary N) is 1. The molecule has 0 saturated heterocycles. The molecule has 0 radical (unpaired) electrons. The predicted molar refractivity (Wildman–Crippen MR) is 55.8 cm³/mol. The minimum atomic E-state index is 0.0436. The maximum Gasteiger partial charge on any atom is 0.228 e. The van der Waals surface area contributed by atoms with Crippen LogP contribution in [0.25, 0.3) is 0 Å². The normalized spacial score (nSPS) is 23.3. The number of hydrogen-bond acceptors (Lipinski definition) is 2. The van der Waals surface area contributed by atoms with Crippen molar-refractivity contribution in [3.05, 3.63) is 29.3 Å². The molecule has 0 spiro atoms. The summed E-state index contributed by atoms with van der Waals surface area (Å²) >= 11 is 0. The maximum atomic E-state index is 11.3. The summed E-state index contributed by atoms with van der Waals surface area (Å²) in [5.41, 5.74) is 2.97. The second kappa shape index (κ2) is 2.92. The molecule has 1 amide bonds. The van der Waals surface area contributed by atoms with Crippen LogP contribution >= 0.6 is 0 Å². The van der Waals surface area contributed by atoms with E-state index in [4.69, 9.17) is 0 Å². The number of carbonyl (C=O) groups is 2. The van der Waals surface area contributed by atoms with Crippen molar-refractivity contribution in [1.82, 2.24) is 0 Å². The zero-order chi connectivity index (χ0) is 10.4. The molecule has 1 fully saturated rings. The van der Waals surface area contributed by atoms with Crippen LogP contribution in [0.4, 0.5) is 5.69 Å². The number of Topliss-reactive ketones (excluding diaryl/α,β-unsaturated/α-hetero) is 1. The van der Waals surface area contributed by atoms with Gasteiger partial charge in [0, 0.05) is 18.0 Å². The van der Waals surface area contributed by atoms with E-state index in [-0.39, 0.29) is 11.8 Å². The lowest BCUT2D eigenvalue weighted by molar-refractivity contribution is -0.125. The van der Waals surface area contributed by atoms with Gasteiger partial charge in [0.1, 0.15) is 5.78 Å². The minimum absolute atomic E-state index is 0.0436. The van der Waals surface area contributed by atoms with Gasteiger partial charge in [-0.05, 0) is 23.6 Å². The van der Waals surface area contributed by atoms with Gasteiger partial charge in [0.25, 0.3) is 0 Å². The number of fused-ring (bicyclic) bond motifs is 1. The van der Waals surface area contributed by atoms with Gasteiger partial charge in [-0.3, -0.25) is 9.59 Å². The first-order valence-corrected chi connectivity index (χ1v) is 5.19. The van der Waals surface area contributed by atoms with Gasteiger partial charge < -0.3 is 5.32 Å². The molecule has 3 rings (SSSR count). The number of hydrogen-bond donors (Lipinski definition) is 1. The Labute approximate surface area is 87.5 Å². The lowest BCUT2D eigenvalue weighted by Crippen LogP contribution is -2.23. The van der Waals surface area contributed by atoms with Gasteiger partial charge in [-0.25, -0.2) is 0 Å². The minimum Gasteiger partial charge on any atom is -0.326 e. The largest absolute Gasteiger partial charge is 0.326 e. The van der Waals surface area contributed by atoms with E-state index in [0.717, 1.165) is 23.2 Å². The molecule has 1 unspecified atom stereocenters. The van der Waals surface area contributed by atoms with E-state index in [1.165, 1.54) is 0 Å². The third-order valence-corrected chi connectivity index (χ3v) is 3.23. The molecular weight excluding hydrogens is 190 g/mol. The van der Waals surface area contributed by atoms with Crippen LogP contribution in [0.15, 0.2) is 18.2 Å². The average Bonchev–Trinajstić information content (AvgIpc) is 2.55. The molecule has 0 bridgehead atoms. The first-order chi connectivity index (χ1) is 7.24. The fourth-order valence-electron chi connectivity index (χ4n) is 2.21. The fourth-order valence-corrected chi connectivity index (χ4v) is 2.21. The second-order valence-electron chi connectivity index (χ2n) is 4.20. The van der Waals surface area contributed by atoms with Crippen LogP contribution in [-0.4, -0.2) is 11.7 Å². The van der Waals surface area contributed by atoms with Gasteiger partial charge in [0.05, 0.1) is 6.42 Å². The number of ketones is 1. The highest BCUT2D eigenvalue weighted by atomic mass is 16.1. The van der Waals surface area contributed by atoms with Crippen molar-refractivity contribution in [3.63, 3.8) is 0 Å². The molecule has 1 aliphatic heterocycles. The van der Waals surface area contributed by atoms with Crippen molar-refractivity contribution in [3.8, 4) is 0 Å². The summed E-state index contributed by atoms with van der Waals surface area (Å²) in [6.07, 6.45) is 2.12. The van der Waals surface area contributed by atoms with Crippen LogP contribution in [0, 0.1) is 0 Å². The van der Waals surface area contributed by atoms with E-state index >= 15 is 0 Å². The third kappa shape index (κ3) is 1.27. The standard InChI is InChI=1S/C12H11NO2/c14-11-4-3-9(11)7-1-2-8-6-12(15)13-10(8)5-7/h1-2,5,9H,3-4,6H2,(H,13,15). The van der Waals surface area contributed by atoms with E-state index in [1.54, 1.807) is 0 Å². The number of rotatable bonds is 1. The van der Waals surface area contributed by atoms with Crippen LogP contribution < -0.4 is 5.32 Å². The molecule has 15 heavy (non-hydrogen) atoms. The summed E-state index contributed by atoms with van der Waals surface area (Å²) in [7, 11) is 0. The molecule has 1 N–H and O–H groups in total. The van der Waals surface area contributed by atoms with Crippen LogP contribution in [0.3, 0.4) is 0 Å². The summed E-state index contributed by atoms with van der Waals surface area (Å²) in [6.45, 7) is 0. The van der Waals surface area contributed by atoms with Crippen molar-refractivity contribution >= 4 is 17.4 Å². The fraction of sp³-hybridized carbons (Fsp3) is 0.333. The Kier molecular flexibility index (Phi) is 1.69. The van der Waals surface area contributed by atoms with E-state index < -0.39 is 0 Å². The van der Waals surface area contributed by atoms with Crippen LogP contribution in [-0.2, 0) is 16.0 Å². The number of carbonyl (C=O) groups excluding carboxylic acids is 2. The Hall–Kier alpha value is -1.64. The lowest BCUT2D eigenvalue weighted by atomic mass is 9.78. The Balaban J connectivity index is 1.96. The molecule has 1 aromatic carbocycles. The molecule has 1 heterocycles. The van der Waals surface area contributed by atoms with E-state index in [1.807, 2.05) is 18.2 Å². The van der Waals surface area contributed by atoms with Gasteiger partial charge in [-0.15, -0.1) is 0 Å². The van der Waals surface area contributed by atoms with Gasteiger partial charge in [-0.2, -0.15) is 0 Å². The number of anilines is 1. The lowest BCUT2D eigenvalue weighted by Gasteiger charge is -2.24. The van der Waals surface area contributed by atoms with Gasteiger partial charge >= 0.3 is 0 Å². The summed E-state index contributed by atoms with van der Waals surface area (Å²) in [6, 6.07) is 5.87. The first kappa shape index (κ1) is 8.65. The quantitative estimate of drug-likeness (QED) is 0.750. The molecule has 1 aliphatic carbocycles. The predicted octanol–water partition coefficient (Wildman–Crippen LogP) is 1.63.